The Morgan fingerprint density at radius 3 is 2.66 bits per heavy atom. The standard InChI is InChI=1S/C19H20ClF3N4O2/c20-15-8-14(3-4-16(15)22)27(19(29)26-6-5-13(21)10-26)9-12-2-1-11(7-17(12)23)18(28)25-24/h1-4,7-8,13,19,29H,5-6,9-10,24H2,(H,25,28)/t13-,19?/m0/s1. The van der Waals surface area contributed by atoms with E-state index in [-0.39, 0.29) is 35.7 Å². The maximum absolute atomic E-state index is 14.6. The lowest BCUT2D eigenvalue weighted by molar-refractivity contribution is 0.0127. The predicted molar refractivity (Wildman–Crippen MR) is 103 cm³/mol. The molecule has 1 unspecified atom stereocenters. The van der Waals surface area contributed by atoms with E-state index in [0.717, 1.165) is 12.1 Å². The quantitative estimate of drug-likeness (QED) is 0.285. The molecule has 0 bridgehead atoms. The maximum atomic E-state index is 14.6. The Kier molecular flexibility index (Phi) is 6.63. The van der Waals surface area contributed by atoms with Crippen molar-refractivity contribution >= 4 is 23.2 Å². The summed E-state index contributed by atoms with van der Waals surface area (Å²) in [5, 5.41) is 10.7. The number of carbonyl (C=O) groups excluding carboxylic acids is 1. The molecule has 1 heterocycles. The van der Waals surface area contributed by atoms with E-state index in [1.54, 1.807) is 0 Å². The minimum atomic E-state index is -1.29. The average molecular weight is 429 g/mol. The van der Waals surface area contributed by atoms with Crippen LogP contribution in [0.3, 0.4) is 0 Å². The van der Waals surface area contributed by atoms with Crippen LogP contribution in [0.1, 0.15) is 22.3 Å². The summed E-state index contributed by atoms with van der Waals surface area (Å²) in [4.78, 5) is 14.4. The zero-order valence-corrected chi connectivity index (χ0v) is 16.0. The first-order chi connectivity index (χ1) is 13.8. The summed E-state index contributed by atoms with van der Waals surface area (Å²) in [6.45, 7) is 0.198. The number of alkyl halides is 1. The molecule has 0 aliphatic carbocycles. The molecule has 2 aromatic carbocycles. The van der Waals surface area contributed by atoms with Crippen molar-refractivity contribution in [2.75, 3.05) is 18.0 Å². The number of likely N-dealkylation sites (tertiary alicyclic amines) is 1. The van der Waals surface area contributed by atoms with Gasteiger partial charge in [0.2, 0.25) is 0 Å². The third-order valence-corrected chi connectivity index (χ3v) is 5.08. The minimum Gasteiger partial charge on any atom is -0.361 e. The van der Waals surface area contributed by atoms with Crippen molar-refractivity contribution in [1.29, 1.82) is 0 Å². The molecule has 29 heavy (non-hydrogen) atoms. The van der Waals surface area contributed by atoms with Crippen LogP contribution in [0.25, 0.3) is 0 Å². The van der Waals surface area contributed by atoms with E-state index < -0.39 is 30.1 Å². The van der Waals surface area contributed by atoms with Gasteiger partial charge in [0.05, 0.1) is 5.02 Å². The molecule has 1 amide bonds. The summed E-state index contributed by atoms with van der Waals surface area (Å²) in [6, 6.07) is 7.61. The van der Waals surface area contributed by atoms with Crippen LogP contribution in [0.4, 0.5) is 18.9 Å². The van der Waals surface area contributed by atoms with Gasteiger partial charge in [-0.25, -0.2) is 19.0 Å². The van der Waals surface area contributed by atoms with Crippen LogP contribution in [0, 0.1) is 11.6 Å². The number of carbonyl (C=O) groups is 1. The molecule has 0 radical (unpaired) electrons. The molecule has 1 aliphatic rings. The highest BCUT2D eigenvalue weighted by Crippen LogP contribution is 2.28. The number of anilines is 1. The van der Waals surface area contributed by atoms with Crippen LogP contribution in [0.15, 0.2) is 36.4 Å². The Morgan fingerprint density at radius 1 is 1.31 bits per heavy atom. The van der Waals surface area contributed by atoms with Gasteiger partial charge in [-0.3, -0.25) is 15.1 Å². The number of aliphatic hydroxyl groups excluding tert-OH is 1. The molecule has 0 aromatic heterocycles. The highest BCUT2D eigenvalue weighted by atomic mass is 35.5. The van der Waals surface area contributed by atoms with E-state index in [1.807, 2.05) is 5.43 Å². The maximum Gasteiger partial charge on any atom is 0.265 e. The molecule has 3 rings (SSSR count). The van der Waals surface area contributed by atoms with Gasteiger partial charge in [-0.15, -0.1) is 0 Å². The number of nitrogens with zero attached hydrogens (tertiary/aromatic N) is 2. The number of hydrazine groups is 1. The van der Waals surface area contributed by atoms with Crippen LogP contribution in [0.2, 0.25) is 5.02 Å². The molecule has 0 saturated carbocycles. The van der Waals surface area contributed by atoms with Crippen LogP contribution in [0.5, 0.6) is 0 Å². The molecule has 1 fully saturated rings. The lowest BCUT2D eigenvalue weighted by atomic mass is 10.1. The van der Waals surface area contributed by atoms with Gasteiger partial charge >= 0.3 is 0 Å². The first kappa shape index (κ1) is 21.4. The molecular formula is C19H20ClF3N4O2. The zero-order valence-electron chi connectivity index (χ0n) is 15.3. The van der Waals surface area contributed by atoms with Gasteiger partial charge in [0.25, 0.3) is 5.91 Å². The SMILES string of the molecule is NNC(=O)c1ccc(CN(c2ccc(F)c(Cl)c2)C(O)N2CC[C@H](F)C2)c(F)c1. The first-order valence-corrected chi connectivity index (χ1v) is 9.25. The van der Waals surface area contributed by atoms with Crippen molar-refractivity contribution in [2.45, 2.75) is 25.5 Å². The first-order valence-electron chi connectivity index (χ1n) is 8.87. The second kappa shape index (κ2) is 9.00. The summed E-state index contributed by atoms with van der Waals surface area (Å²) < 4.78 is 41.8. The number of nitrogens with two attached hydrogens (primary N) is 1. The summed E-state index contributed by atoms with van der Waals surface area (Å²) in [7, 11) is 0. The molecule has 6 nitrogen and oxygen atoms in total. The molecule has 1 saturated heterocycles. The summed E-state index contributed by atoms with van der Waals surface area (Å²) in [6.07, 6.45) is -2.09. The van der Waals surface area contributed by atoms with Crippen molar-refractivity contribution in [3.8, 4) is 0 Å². The Morgan fingerprint density at radius 2 is 2.07 bits per heavy atom. The van der Waals surface area contributed by atoms with Crippen molar-refractivity contribution < 1.29 is 23.1 Å². The van der Waals surface area contributed by atoms with E-state index in [4.69, 9.17) is 17.4 Å². The third kappa shape index (κ3) is 4.81. The number of rotatable bonds is 6. The molecule has 2 atom stereocenters. The van der Waals surface area contributed by atoms with Crippen molar-refractivity contribution in [1.82, 2.24) is 10.3 Å². The molecular weight excluding hydrogens is 409 g/mol. The third-order valence-electron chi connectivity index (χ3n) is 4.79. The van der Waals surface area contributed by atoms with Crippen molar-refractivity contribution in [3.63, 3.8) is 0 Å². The fourth-order valence-corrected chi connectivity index (χ4v) is 3.38. The Hall–Kier alpha value is -2.33. The fourth-order valence-electron chi connectivity index (χ4n) is 3.20. The monoisotopic (exact) mass is 428 g/mol. The Labute approximate surface area is 170 Å². The summed E-state index contributed by atoms with van der Waals surface area (Å²) in [5.41, 5.74) is 2.44. The van der Waals surface area contributed by atoms with Crippen LogP contribution < -0.4 is 16.2 Å². The van der Waals surface area contributed by atoms with E-state index in [1.165, 1.54) is 34.1 Å². The number of hydrogen-bond donors (Lipinski definition) is 3. The highest BCUT2D eigenvalue weighted by Gasteiger charge is 2.31. The van der Waals surface area contributed by atoms with E-state index in [9.17, 15) is 23.1 Å². The molecule has 2 aromatic rings. The van der Waals surface area contributed by atoms with Crippen LogP contribution in [-0.4, -0.2) is 41.5 Å². The largest absolute Gasteiger partial charge is 0.361 e. The topological polar surface area (TPSA) is 81.8 Å². The minimum absolute atomic E-state index is 0.0185. The molecule has 0 spiro atoms. The van der Waals surface area contributed by atoms with Crippen LogP contribution >= 0.6 is 11.6 Å². The van der Waals surface area contributed by atoms with Crippen molar-refractivity contribution in [3.05, 3.63) is 64.2 Å². The number of benzene rings is 2. The van der Waals surface area contributed by atoms with Gasteiger partial charge in [0.15, 0.2) is 6.35 Å². The molecule has 10 heteroatoms. The number of halogens is 4. The number of amides is 1. The van der Waals surface area contributed by atoms with E-state index in [2.05, 4.69) is 0 Å². The lowest BCUT2D eigenvalue weighted by Crippen LogP contribution is -2.47. The second-order valence-electron chi connectivity index (χ2n) is 6.73. The zero-order chi connectivity index (χ0) is 21.1. The second-order valence-corrected chi connectivity index (χ2v) is 7.14. The number of aliphatic hydroxyl groups is 1. The van der Waals surface area contributed by atoms with Gasteiger partial charge in [-0.1, -0.05) is 17.7 Å². The van der Waals surface area contributed by atoms with E-state index >= 15 is 0 Å². The van der Waals surface area contributed by atoms with Gasteiger partial charge in [-0.2, -0.15) is 0 Å². The summed E-state index contributed by atoms with van der Waals surface area (Å²) >= 11 is 5.86. The van der Waals surface area contributed by atoms with Gasteiger partial charge in [-0.05, 0) is 36.8 Å². The average Bonchev–Trinajstić information content (AvgIpc) is 3.14. The fraction of sp³-hybridized carbons (Fsp3) is 0.316. The van der Waals surface area contributed by atoms with Gasteiger partial charge < -0.3 is 10.0 Å². The number of nitrogens with one attached hydrogen (secondary N) is 1. The normalized spacial score (nSPS) is 17.9. The Bertz CT molecular complexity index is 902. The lowest BCUT2D eigenvalue weighted by Gasteiger charge is -2.35. The smallest absolute Gasteiger partial charge is 0.265 e. The Balaban J connectivity index is 1.92. The molecule has 156 valence electrons. The predicted octanol–water partition coefficient (Wildman–Crippen LogP) is 2.55. The highest BCUT2D eigenvalue weighted by molar-refractivity contribution is 6.31. The van der Waals surface area contributed by atoms with Crippen molar-refractivity contribution in [2.24, 2.45) is 5.84 Å². The molecule has 4 N–H and O–H groups in total. The molecule has 1 aliphatic heterocycles. The van der Waals surface area contributed by atoms with E-state index in [0.29, 0.717) is 12.2 Å². The van der Waals surface area contributed by atoms with Gasteiger partial charge in [0.1, 0.15) is 17.8 Å². The van der Waals surface area contributed by atoms with Crippen LogP contribution in [-0.2, 0) is 6.54 Å². The van der Waals surface area contributed by atoms with Gasteiger partial charge in [0, 0.05) is 36.4 Å². The number of hydrogen-bond acceptors (Lipinski definition) is 5. The number of nitrogen functional groups attached to an aromatic ring is 1. The summed E-state index contributed by atoms with van der Waals surface area (Å²) in [5.74, 6) is 3.07.